The third kappa shape index (κ3) is 2.44. The number of nitrogens with zero attached hydrogens (tertiary/aromatic N) is 3. The SMILES string of the molecule is N#CC(C#N)(C#N)C=Cc1ccccc1. The van der Waals surface area contributed by atoms with Crippen molar-refractivity contribution in [2.45, 2.75) is 0 Å². The first-order chi connectivity index (χ1) is 7.26. The van der Waals surface area contributed by atoms with Crippen molar-refractivity contribution in [3.63, 3.8) is 0 Å². The molecule has 0 aliphatic rings. The summed E-state index contributed by atoms with van der Waals surface area (Å²) in [6, 6.07) is 14.2. The second-order valence-electron chi connectivity index (χ2n) is 2.89. The summed E-state index contributed by atoms with van der Waals surface area (Å²) in [6.07, 6.45) is 2.90. The van der Waals surface area contributed by atoms with E-state index in [9.17, 15) is 0 Å². The molecule has 1 aromatic rings. The molecule has 0 aromatic heterocycles. The van der Waals surface area contributed by atoms with Crippen LogP contribution in [0, 0.1) is 39.4 Å². The monoisotopic (exact) mass is 193 g/mol. The first-order valence-corrected chi connectivity index (χ1v) is 4.24. The van der Waals surface area contributed by atoms with Crippen molar-refractivity contribution in [3.8, 4) is 18.2 Å². The minimum absolute atomic E-state index is 0.850. The Kier molecular flexibility index (Phi) is 3.23. The fraction of sp³-hybridized carbons (Fsp3) is 0.0833. The van der Waals surface area contributed by atoms with Crippen LogP contribution >= 0.6 is 0 Å². The number of nitriles is 3. The van der Waals surface area contributed by atoms with Gasteiger partial charge >= 0.3 is 0 Å². The molecule has 1 aromatic carbocycles. The Labute approximate surface area is 88.1 Å². The number of rotatable bonds is 2. The van der Waals surface area contributed by atoms with Crippen LogP contribution in [-0.4, -0.2) is 0 Å². The summed E-state index contributed by atoms with van der Waals surface area (Å²) in [7, 11) is 0. The van der Waals surface area contributed by atoms with Crippen LogP contribution in [-0.2, 0) is 0 Å². The fourth-order valence-corrected chi connectivity index (χ4v) is 0.972. The maximum atomic E-state index is 8.71. The molecule has 0 saturated heterocycles. The first-order valence-electron chi connectivity index (χ1n) is 4.24. The number of hydrogen-bond acceptors (Lipinski definition) is 3. The molecular weight excluding hydrogens is 186 g/mol. The van der Waals surface area contributed by atoms with Gasteiger partial charge in [0.05, 0.1) is 0 Å². The Balaban J connectivity index is 2.98. The van der Waals surface area contributed by atoms with Gasteiger partial charge in [-0.3, -0.25) is 0 Å². The Morgan fingerprint density at radius 1 is 0.933 bits per heavy atom. The fourth-order valence-electron chi connectivity index (χ4n) is 0.972. The Morgan fingerprint density at radius 2 is 1.47 bits per heavy atom. The maximum Gasteiger partial charge on any atom is 0.247 e. The van der Waals surface area contributed by atoms with Crippen LogP contribution in [0.25, 0.3) is 6.08 Å². The highest BCUT2D eigenvalue weighted by atomic mass is 14.4. The zero-order chi connectivity index (χ0) is 11.1. The summed E-state index contributed by atoms with van der Waals surface area (Å²) >= 11 is 0. The molecule has 15 heavy (non-hydrogen) atoms. The molecule has 0 saturated carbocycles. The van der Waals surface area contributed by atoms with Gasteiger partial charge in [0.15, 0.2) is 0 Å². The summed E-state index contributed by atoms with van der Waals surface area (Å²) < 4.78 is 0. The molecule has 0 aliphatic carbocycles. The van der Waals surface area contributed by atoms with Crippen molar-refractivity contribution < 1.29 is 0 Å². The normalized spacial score (nSPS) is 10.2. The van der Waals surface area contributed by atoms with Gasteiger partial charge in [-0.15, -0.1) is 0 Å². The van der Waals surface area contributed by atoms with Gasteiger partial charge < -0.3 is 0 Å². The predicted octanol–water partition coefficient (Wildman–Crippen LogP) is 2.26. The van der Waals surface area contributed by atoms with E-state index in [4.69, 9.17) is 15.8 Å². The molecule has 0 atom stereocenters. The summed E-state index contributed by atoms with van der Waals surface area (Å²) in [5.41, 5.74) is -0.835. The van der Waals surface area contributed by atoms with Gasteiger partial charge in [0.2, 0.25) is 5.41 Å². The van der Waals surface area contributed by atoms with Crippen LogP contribution < -0.4 is 0 Å². The van der Waals surface area contributed by atoms with E-state index in [0.717, 1.165) is 5.56 Å². The van der Waals surface area contributed by atoms with Crippen LogP contribution in [0.15, 0.2) is 36.4 Å². The van der Waals surface area contributed by atoms with E-state index >= 15 is 0 Å². The van der Waals surface area contributed by atoms with E-state index in [1.807, 2.05) is 30.3 Å². The predicted molar refractivity (Wildman–Crippen MR) is 54.7 cm³/mol. The summed E-state index contributed by atoms with van der Waals surface area (Å²) in [5.74, 6) is 0. The molecule has 0 unspecified atom stereocenters. The molecule has 70 valence electrons. The van der Waals surface area contributed by atoms with Crippen molar-refractivity contribution in [1.82, 2.24) is 0 Å². The Morgan fingerprint density at radius 3 is 1.93 bits per heavy atom. The molecule has 0 aliphatic heterocycles. The third-order valence-electron chi connectivity index (χ3n) is 1.85. The van der Waals surface area contributed by atoms with Gasteiger partial charge in [-0.1, -0.05) is 36.4 Å². The second kappa shape index (κ2) is 4.61. The molecule has 0 spiro atoms. The van der Waals surface area contributed by atoms with Gasteiger partial charge in [-0.2, -0.15) is 15.8 Å². The smallest absolute Gasteiger partial charge is 0.195 e. The minimum atomic E-state index is -1.68. The molecular formula is C12H7N3. The lowest BCUT2D eigenvalue weighted by Crippen LogP contribution is -2.08. The molecule has 0 heterocycles. The quantitative estimate of drug-likeness (QED) is 0.723. The Hall–Kier alpha value is -2.57. The molecule has 0 radical (unpaired) electrons. The van der Waals surface area contributed by atoms with E-state index in [2.05, 4.69) is 0 Å². The zero-order valence-electron chi connectivity index (χ0n) is 7.88. The highest BCUT2D eigenvalue weighted by Crippen LogP contribution is 2.17. The lowest BCUT2D eigenvalue weighted by molar-refractivity contribution is 0.881. The van der Waals surface area contributed by atoms with Gasteiger partial charge in [0.1, 0.15) is 18.2 Å². The highest BCUT2D eigenvalue weighted by molar-refractivity contribution is 5.54. The standard InChI is InChI=1S/C12H7N3/c13-8-12(9-14,10-15)7-6-11-4-2-1-3-5-11/h1-7H. The molecule has 1 rings (SSSR count). The van der Waals surface area contributed by atoms with E-state index in [1.54, 1.807) is 24.3 Å². The van der Waals surface area contributed by atoms with E-state index in [0.29, 0.717) is 0 Å². The van der Waals surface area contributed by atoms with Crippen LogP contribution in [0.4, 0.5) is 0 Å². The van der Waals surface area contributed by atoms with Gasteiger partial charge in [0, 0.05) is 0 Å². The molecule has 0 bridgehead atoms. The number of hydrogen-bond donors (Lipinski definition) is 0. The largest absolute Gasteiger partial charge is 0.247 e. The molecule has 3 nitrogen and oxygen atoms in total. The van der Waals surface area contributed by atoms with Crippen molar-refractivity contribution in [1.29, 1.82) is 15.8 Å². The molecule has 3 heteroatoms. The van der Waals surface area contributed by atoms with Crippen molar-refractivity contribution in [2.24, 2.45) is 5.41 Å². The van der Waals surface area contributed by atoms with E-state index < -0.39 is 5.41 Å². The summed E-state index contributed by atoms with van der Waals surface area (Å²) in [5, 5.41) is 26.1. The second-order valence-corrected chi connectivity index (χ2v) is 2.89. The average Bonchev–Trinajstić information content (AvgIpc) is 2.33. The number of benzene rings is 1. The molecule has 0 fully saturated rings. The minimum Gasteiger partial charge on any atom is -0.195 e. The molecule has 0 amide bonds. The summed E-state index contributed by atoms with van der Waals surface area (Å²) in [6.45, 7) is 0. The van der Waals surface area contributed by atoms with Gasteiger partial charge in [-0.25, -0.2) is 0 Å². The zero-order valence-corrected chi connectivity index (χ0v) is 7.88. The Bertz CT molecular complexity index is 444. The lowest BCUT2D eigenvalue weighted by Gasteiger charge is -2.00. The van der Waals surface area contributed by atoms with Crippen molar-refractivity contribution >= 4 is 6.08 Å². The summed E-state index contributed by atoms with van der Waals surface area (Å²) in [4.78, 5) is 0. The van der Waals surface area contributed by atoms with Gasteiger partial charge in [0.25, 0.3) is 0 Å². The van der Waals surface area contributed by atoms with Crippen LogP contribution in [0.2, 0.25) is 0 Å². The van der Waals surface area contributed by atoms with E-state index in [-0.39, 0.29) is 0 Å². The average molecular weight is 193 g/mol. The first kappa shape index (κ1) is 10.5. The van der Waals surface area contributed by atoms with E-state index in [1.165, 1.54) is 6.08 Å². The van der Waals surface area contributed by atoms with Crippen molar-refractivity contribution in [3.05, 3.63) is 42.0 Å². The maximum absolute atomic E-state index is 8.71. The highest BCUT2D eigenvalue weighted by Gasteiger charge is 2.25. The van der Waals surface area contributed by atoms with Gasteiger partial charge in [-0.05, 0) is 11.6 Å². The van der Waals surface area contributed by atoms with Crippen molar-refractivity contribution in [2.75, 3.05) is 0 Å². The lowest BCUT2D eigenvalue weighted by atomic mass is 9.93. The topological polar surface area (TPSA) is 71.4 Å². The van der Waals surface area contributed by atoms with Crippen LogP contribution in [0.5, 0.6) is 0 Å². The van der Waals surface area contributed by atoms with Crippen LogP contribution in [0.3, 0.4) is 0 Å². The third-order valence-corrected chi connectivity index (χ3v) is 1.85. The van der Waals surface area contributed by atoms with Crippen LogP contribution in [0.1, 0.15) is 5.56 Å². The molecule has 0 N–H and O–H groups in total. The number of allylic oxidation sites excluding steroid dienone is 1.